The second-order valence-electron chi connectivity index (χ2n) is 6.18. The fraction of sp³-hybridized carbons (Fsp3) is 0.556. The first-order valence-electron chi connectivity index (χ1n) is 8.87. The predicted molar refractivity (Wildman–Crippen MR) is 100.0 cm³/mol. The third-order valence-corrected chi connectivity index (χ3v) is 6.14. The Morgan fingerprint density at radius 3 is 2.62 bits per heavy atom. The number of rotatable bonds is 8. The molecule has 7 nitrogen and oxygen atoms in total. The molecule has 1 N–H and O–H groups in total. The van der Waals surface area contributed by atoms with Crippen LogP contribution in [0.3, 0.4) is 0 Å². The fourth-order valence-electron chi connectivity index (χ4n) is 3.13. The lowest BCUT2D eigenvalue weighted by Crippen LogP contribution is -2.41. The molecule has 2 rings (SSSR count). The monoisotopic (exact) mass is 382 g/mol. The lowest BCUT2D eigenvalue weighted by atomic mass is 10.1. The smallest absolute Gasteiger partial charge is 0.340 e. The molecule has 1 aliphatic heterocycles. The highest BCUT2D eigenvalue weighted by Crippen LogP contribution is 2.19. The molecule has 0 bridgehead atoms. The lowest BCUT2D eigenvalue weighted by Gasteiger charge is -2.27. The molecule has 0 spiro atoms. The van der Waals surface area contributed by atoms with Gasteiger partial charge in [0, 0.05) is 31.2 Å². The van der Waals surface area contributed by atoms with Crippen LogP contribution in [0, 0.1) is 0 Å². The van der Waals surface area contributed by atoms with Crippen LogP contribution in [0.5, 0.6) is 0 Å². The van der Waals surface area contributed by atoms with Crippen molar-refractivity contribution in [2.45, 2.75) is 32.7 Å². The summed E-state index contributed by atoms with van der Waals surface area (Å²) in [6.45, 7) is 4.73. The van der Waals surface area contributed by atoms with E-state index in [-0.39, 0.29) is 29.9 Å². The van der Waals surface area contributed by atoms with E-state index < -0.39 is 15.8 Å². The number of esters is 1. The highest BCUT2D eigenvalue weighted by Gasteiger charge is 2.33. The average Bonchev–Trinajstić information content (AvgIpc) is 2.96. The van der Waals surface area contributed by atoms with Crippen LogP contribution in [0.2, 0.25) is 0 Å². The van der Waals surface area contributed by atoms with Gasteiger partial charge in [0.05, 0.1) is 23.7 Å². The largest absolute Gasteiger partial charge is 0.462 e. The maximum absolute atomic E-state index is 12.5. The highest BCUT2D eigenvalue weighted by atomic mass is 32.2. The van der Waals surface area contributed by atoms with Crippen molar-refractivity contribution in [1.82, 2.24) is 4.90 Å². The van der Waals surface area contributed by atoms with Crippen molar-refractivity contribution in [3.05, 3.63) is 29.8 Å². The number of benzene rings is 1. The van der Waals surface area contributed by atoms with Crippen LogP contribution in [0.4, 0.5) is 5.69 Å². The summed E-state index contributed by atoms with van der Waals surface area (Å²) in [5.74, 6) is -0.304. The molecule has 0 saturated carbocycles. The van der Waals surface area contributed by atoms with Gasteiger partial charge in [0.25, 0.3) is 0 Å². The fourth-order valence-corrected chi connectivity index (χ4v) is 4.86. The summed E-state index contributed by atoms with van der Waals surface area (Å²) in [5, 5.41) is 3.10. The summed E-state index contributed by atoms with van der Waals surface area (Å²) < 4.78 is 28.3. The zero-order chi connectivity index (χ0) is 19.2. The van der Waals surface area contributed by atoms with E-state index >= 15 is 0 Å². The van der Waals surface area contributed by atoms with Gasteiger partial charge >= 0.3 is 5.97 Å². The number of para-hydroxylation sites is 1. The second-order valence-corrected chi connectivity index (χ2v) is 8.41. The Hall–Kier alpha value is -2.09. The Morgan fingerprint density at radius 1 is 1.27 bits per heavy atom. The number of carbonyl (C=O) groups excluding carboxylic acids is 2. The van der Waals surface area contributed by atoms with Gasteiger partial charge in [0.1, 0.15) is 0 Å². The molecule has 8 heteroatoms. The van der Waals surface area contributed by atoms with Gasteiger partial charge in [-0.2, -0.15) is 0 Å². The summed E-state index contributed by atoms with van der Waals surface area (Å²) >= 11 is 0. The zero-order valence-electron chi connectivity index (χ0n) is 15.2. The summed E-state index contributed by atoms with van der Waals surface area (Å²) in [5.41, 5.74) is 1.04. The van der Waals surface area contributed by atoms with Gasteiger partial charge in [-0.05, 0) is 32.4 Å². The molecule has 1 unspecified atom stereocenters. The van der Waals surface area contributed by atoms with E-state index in [1.54, 1.807) is 36.1 Å². The molecule has 1 saturated heterocycles. The van der Waals surface area contributed by atoms with Crippen LogP contribution in [0.25, 0.3) is 0 Å². The number of hydrogen-bond acceptors (Lipinski definition) is 6. The van der Waals surface area contributed by atoms with Gasteiger partial charge < -0.3 is 15.0 Å². The molecule has 144 valence electrons. The topological polar surface area (TPSA) is 92.8 Å². The first-order chi connectivity index (χ1) is 12.4. The minimum atomic E-state index is -3.03. The third-order valence-electron chi connectivity index (χ3n) is 4.39. The molecular weight excluding hydrogens is 356 g/mol. The molecule has 0 aliphatic carbocycles. The van der Waals surface area contributed by atoms with Gasteiger partial charge in [0.2, 0.25) is 5.91 Å². The Balaban J connectivity index is 1.93. The average molecular weight is 382 g/mol. The number of nitrogens with one attached hydrogen (secondary N) is 1. The van der Waals surface area contributed by atoms with Crippen molar-refractivity contribution in [3.8, 4) is 0 Å². The summed E-state index contributed by atoms with van der Waals surface area (Å²) in [6, 6.07) is 6.75. The number of carbonyl (C=O) groups is 2. The van der Waals surface area contributed by atoms with Crippen LogP contribution < -0.4 is 5.32 Å². The van der Waals surface area contributed by atoms with E-state index in [9.17, 15) is 18.0 Å². The molecule has 26 heavy (non-hydrogen) atoms. The Labute approximate surface area is 154 Å². The number of sulfone groups is 1. The van der Waals surface area contributed by atoms with Crippen LogP contribution in [0.1, 0.15) is 37.0 Å². The predicted octanol–water partition coefficient (Wildman–Crippen LogP) is 1.70. The van der Waals surface area contributed by atoms with Crippen LogP contribution in [-0.4, -0.2) is 62.4 Å². The SMILES string of the molecule is CCOC(=O)c1ccccc1NCCC(=O)N(CC)C1CCS(=O)(=O)C1. The van der Waals surface area contributed by atoms with Gasteiger partial charge in [-0.3, -0.25) is 4.79 Å². The van der Waals surface area contributed by atoms with Crippen molar-refractivity contribution in [1.29, 1.82) is 0 Å². The van der Waals surface area contributed by atoms with Crippen molar-refractivity contribution >= 4 is 27.4 Å². The van der Waals surface area contributed by atoms with Gasteiger partial charge in [-0.1, -0.05) is 12.1 Å². The lowest BCUT2D eigenvalue weighted by molar-refractivity contribution is -0.132. The van der Waals surface area contributed by atoms with Crippen molar-refractivity contribution in [2.24, 2.45) is 0 Å². The van der Waals surface area contributed by atoms with E-state index in [1.807, 2.05) is 6.92 Å². The first-order valence-corrected chi connectivity index (χ1v) is 10.7. The molecule has 1 heterocycles. The summed E-state index contributed by atoms with van der Waals surface area (Å²) in [6.07, 6.45) is 0.725. The summed E-state index contributed by atoms with van der Waals surface area (Å²) in [4.78, 5) is 26.1. The summed E-state index contributed by atoms with van der Waals surface area (Å²) in [7, 11) is -3.03. The van der Waals surface area contributed by atoms with Crippen LogP contribution >= 0.6 is 0 Å². The minimum Gasteiger partial charge on any atom is -0.462 e. The van der Waals surface area contributed by atoms with E-state index in [1.165, 1.54) is 0 Å². The molecule has 1 aliphatic rings. The number of nitrogens with zero attached hydrogens (tertiary/aromatic N) is 1. The van der Waals surface area contributed by atoms with E-state index in [0.29, 0.717) is 37.4 Å². The molecule has 1 fully saturated rings. The van der Waals surface area contributed by atoms with Crippen molar-refractivity contribution in [2.75, 3.05) is 36.5 Å². The van der Waals surface area contributed by atoms with Crippen molar-refractivity contribution < 1.29 is 22.7 Å². The van der Waals surface area contributed by atoms with Gasteiger partial charge in [-0.15, -0.1) is 0 Å². The van der Waals surface area contributed by atoms with E-state index in [0.717, 1.165) is 0 Å². The molecule has 1 amide bonds. The van der Waals surface area contributed by atoms with E-state index in [4.69, 9.17) is 4.74 Å². The molecule has 1 aromatic carbocycles. The molecule has 1 aromatic rings. The first kappa shape index (κ1) is 20.2. The Kier molecular flexibility index (Phi) is 7.02. The third kappa shape index (κ3) is 5.20. The highest BCUT2D eigenvalue weighted by molar-refractivity contribution is 7.91. The van der Waals surface area contributed by atoms with Gasteiger partial charge in [0.15, 0.2) is 9.84 Å². The Morgan fingerprint density at radius 2 is 2.00 bits per heavy atom. The van der Waals surface area contributed by atoms with Gasteiger partial charge in [-0.25, -0.2) is 13.2 Å². The number of amides is 1. The van der Waals surface area contributed by atoms with Crippen LogP contribution in [0.15, 0.2) is 24.3 Å². The molecular formula is C18H26N2O5S. The number of anilines is 1. The van der Waals surface area contributed by atoms with Crippen LogP contribution in [-0.2, 0) is 19.4 Å². The minimum absolute atomic E-state index is 0.0473. The Bertz CT molecular complexity index is 748. The number of hydrogen-bond donors (Lipinski definition) is 1. The van der Waals surface area contributed by atoms with Crippen molar-refractivity contribution in [3.63, 3.8) is 0 Å². The molecule has 0 aromatic heterocycles. The second kappa shape index (κ2) is 9.02. The quantitative estimate of drug-likeness (QED) is 0.688. The maximum atomic E-state index is 12.5. The number of ether oxygens (including phenoxy) is 1. The zero-order valence-corrected chi connectivity index (χ0v) is 16.0. The van der Waals surface area contributed by atoms with E-state index in [2.05, 4.69) is 5.32 Å². The maximum Gasteiger partial charge on any atom is 0.340 e. The normalized spacial score (nSPS) is 18.3. The molecule has 0 radical (unpaired) electrons. The standard InChI is InChI=1S/C18H26N2O5S/c1-3-20(14-10-12-26(23,24)13-14)17(21)9-11-19-16-8-6-5-7-15(16)18(22)25-4-2/h5-8,14,19H,3-4,9-13H2,1-2H3. The molecule has 1 atom stereocenters.